The van der Waals surface area contributed by atoms with Crippen molar-refractivity contribution in [1.29, 1.82) is 0 Å². The molecule has 0 aromatic carbocycles. The smallest absolute Gasteiger partial charge is 0.320 e. The molecule has 2 amide bonds. The number of hydrogen-bond donors (Lipinski definition) is 2. The van der Waals surface area contributed by atoms with Gasteiger partial charge in [0.25, 0.3) is 0 Å². The predicted molar refractivity (Wildman–Crippen MR) is 73.4 cm³/mol. The van der Waals surface area contributed by atoms with Crippen LogP contribution in [0.3, 0.4) is 0 Å². The second-order valence-corrected chi connectivity index (χ2v) is 5.75. The van der Waals surface area contributed by atoms with Crippen LogP contribution in [-0.2, 0) is 4.79 Å². The Labute approximate surface area is 119 Å². The molecule has 2 rings (SSSR count). The van der Waals surface area contributed by atoms with E-state index < -0.39 is 5.97 Å². The maximum atomic E-state index is 12.7. The number of aliphatic carboxylic acids is 1. The lowest BCUT2D eigenvalue weighted by molar-refractivity contribution is -0.138. The van der Waals surface area contributed by atoms with Gasteiger partial charge in [0, 0.05) is 19.1 Å². The van der Waals surface area contributed by atoms with Crippen LogP contribution < -0.4 is 0 Å². The number of hydrogen-bond acceptors (Lipinski definition) is 3. The minimum absolute atomic E-state index is 0.0107. The number of carboxylic acids is 1. The molecule has 20 heavy (non-hydrogen) atoms. The first kappa shape index (κ1) is 15.1. The summed E-state index contributed by atoms with van der Waals surface area (Å²) in [5, 5.41) is 18.4. The predicted octanol–water partition coefficient (Wildman–Crippen LogP) is 1.28. The fourth-order valence-corrected chi connectivity index (χ4v) is 3.27. The molecule has 114 valence electrons. The Hall–Kier alpha value is -1.30. The van der Waals surface area contributed by atoms with Gasteiger partial charge in [-0.15, -0.1) is 0 Å². The SMILES string of the molecule is O=C(O)CC1CCCCN1C(=O)N1CCCCC1CO. The van der Waals surface area contributed by atoms with E-state index in [1.165, 1.54) is 0 Å². The first-order chi connectivity index (χ1) is 9.63. The van der Waals surface area contributed by atoms with Gasteiger partial charge in [-0.05, 0) is 38.5 Å². The van der Waals surface area contributed by atoms with E-state index in [4.69, 9.17) is 5.11 Å². The number of aliphatic hydroxyl groups excluding tert-OH is 1. The minimum Gasteiger partial charge on any atom is -0.481 e. The number of urea groups is 1. The minimum atomic E-state index is -0.855. The van der Waals surface area contributed by atoms with Crippen molar-refractivity contribution in [2.45, 2.75) is 57.0 Å². The third-order valence-electron chi connectivity index (χ3n) is 4.37. The second kappa shape index (κ2) is 6.92. The quantitative estimate of drug-likeness (QED) is 0.818. The third-order valence-corrected chi connectivity index (χ3v) is 4.37. The van der Waals surface area contributed by atoms with Gasteiger partial charge in [-0.3, -0.25) is 4.79 Å². The summed E-state index contributed by atoms with van der Waals surface area (Å²) < 4.78 is 0. The molecule has 6 heteroatoms. The molecule has 2 fully saturated rings. The summed E-state index contributed by atoms with van der Waals surface area (Å²) in [5.41, 5.74) is 0. The number of likely N-dealkylation sites (tertiary alicyclic amines) is 2. The van der Waals surface area contributed by atoms with Crippen molar-refractivity contribution in [2.24, 2.45) is 0 Å². The molecule has 2 heterocycles. The Morgan fingerprint density at radius 1 is 0.950 bits per heavy atom. The summed E-state index contributed by atoms with van der Waals surface area (Å²) in [4.78, 5) is 27.1. The van der Waals surface area contributed by atoms with Crippen molar-refractivity contribution in [3.05, 3.63) is 0 Å². The summed E-state index contributed by atoms with van der Waals surface area (Å²) in [7, 11) is 0. The lowest BCUT2D eigenvalue weighted by atomic mass is 9.98. The summed E-state index contributed by atoms with van der Waals surface area (Å²) in [6.07, 6.45) is 5.51. The Balaban J connectivity index is 2.05. The Kier molecular flexibility index (Phi) is 5.23. The molecule has 0 spiro atoms. The summed E-state index contributed by atoms with van der Waals surface area (Å²) in [6.45, 7) is 1.29. The number of rotatable bonds is 3. The molecular formula is C14H24N2O4. The molecule has 0 radical (unpaired) electrons. The average molecular weight is 284 g/mol. The molecule has 0 aliphatic carbocycles. The van der Waals surface area contributed by atoms with Gasteiger partial charge in [0.15, 0.2) is 0 Å². The Bertz CT molecular complexity index is 361. The van der Waals surface area contributed by atoms with Crippen LogP contribution in [0.5, 0.6) is 0 Å². The van der Waals surface area contributed by atoms with E-state index >= 15 is 0 Å². The average Bonchev–Trinajstić information content (AvgIpc) is 2.46. The zero-order valence-electron chi connectivity index (χ0n) is 11.8. The van der Waals surface area contributed by atoms with Crippen LogP contribution in [0, 0.1) is 0 Å². The molecule has 6 nitrogen and oxygen atoms in total. The number of nitrogens with zero attached hydrogens (tertiary/aromatic N) is 2. The Morgan fingerprint density at radius 3 is 2.05 bits per heavy atom. The van der Waals surface area contributed by atoms with E-state index in [2.05, 4.69) is 0 Å². The fourth-order valence-electron chi connectivity index (χ4n) is 3.27. The van der Waals surface area contributed by atoms with Crippen molar-refractivity contribution in [3.8, 4) is 0 Å². The van der Waals surface area contributed by atoms with Crippen molar-refractivity contribution >= 4 is 12.0 Å². The van der Waals surface area contributed by atoms with Gasteiger partial charge in [-0.2, -0.15) is 0 Å². The molecular weight excluding hydrogens is 260 g/mol. The van der Waals surface area contributed by atoms with Crippen molar-refractivity contribution in [3.63, 3.8) is 0 Å². The highest BCUT2D eigenvalue weighted by atomic mass is 16.4. The number of carbonyl (C=O) groups excluding carboxylic acids is 1. The van der Waals surface area contributed by atoms with Gasteiger partial charge < -0.3 is 20.0 Å². The van der Waals surface area contributed by atoms with Crippen LogP contribution in [0.15, 0.2) is 0 Å². The standard InChI is InChI=1S/C14H24N2O4/c17-10-12-6-2-4-8-16(12)14(20)15-7-3-1-5-11(15)9-13(18)19/h11-12,17H,1-10H2,(H,18,19). The van der Waals surface area contributed by atoms with Gasteiger partial charge in [-0.1, -0.05) is 0 Å². The van der Waals surface area contributed by atoms with E-state index in [0.29, 0.717) is 13.1 Å². The van der Waals surface area contributed by atoms with Crippen molar-refractivity contribution in [2.75, 3.05) is 19.7 Å². The van der Waals surface area contributed by atoms with Gasteiger partial charge in [-0.25, -0.2) is 4.79 Å². The number of piperidine rings is 2. The maximum absolute atomic E-state index is 12.7. The highest BCUT2D eigenvalue weighted by Crippen LogP contribution is 2.24. The molecule has 2 aliphatic heterocycles. The van der Waals surface area contributed by atoms with Crippen molar-refractivity contribution in [1.82, 2.24) is 9.80 Å². The topological polar surface area (TPSA) is 81.1 Å². The first-order valence-corrected chi connectivity index (χ1v) is 7.53. The van der Waals surface area contributed by atoms with Crippen molar-refractivity contribution < 1.29 is 19.8 Å². The second-order valence-electron chi connectivity index (χ2n) is 5.75. The molecule has 2 saturated heterocycles. The molecule has 2 unspecified atom stereocenters. The van der Waals surface area contributed by atoms with Crippen LogP contribution >= 0.6 is 0 Å². The first-order valence-electron chi connectivity index (χ1n) is 7.53. The number of carbonyl (C=O) groups is 2. The summed E-state index contributed by atoms with van der Waals surface area (Å²) >= 11 is 0. The molecule has 0 bridgehead atoms. The normalized spacial score (nSPS) is 27.4. The molecule has 0 aromatic heterocycles. The molecule has 0 saturated carbocycles. The summed E-state index contributed by atoms with van der Waals surface area (Å²) in [5.74, 6) is -0.855. The van der Waals surface area contributed by atoms with Crippen LogP contribution in [0.2, 0.25) is 0 Å². The lowest BCUT2D eigenvalue weighted by Crippen LogP contribution is -2.55. The van der Waals surface area contributed by atoms with Gasteiger partial charge in [0.1, 0.15) is 0 Å². The number of aliphatic hydroxyl groups is 1. The van der Waals surface area contributed by atoms with Crippen LogP contribution in [0.1, 0.15) is 44.9 Å². The highest BCUT2D eigenvalue weighted by molar-refractivity contribution is 5.76. The lowest BCUT2D eigenvalue weighted by Gasteiger charge is -2.42. The number of carboxylic acid groups (broad SMARTS) is 1. The molecule has 2 N–H and O–H groups in total. The van der Waals surface area contributed by atoms with E-state index in [0.717, 1.165) is 38.5 Å². The van der Waals surface area contributed by atoms with Crippen LogP contribution in [-0.4, -0.2) is 63.8 Å². The highest BCUT2D eigenvalue weighted by Gasteiger charge is 2.34. The monoisotopic (exact) mass is 284 g/mol. The van der Waals surface area contributed by atoms with E-state index in [1.807, 2.05) is 0 Å². The fraction of sp³-hybridized carbons (Fsp3) is 0.857. The molecule has 0 aromatic rings. The van der Waals surface area contributed by atoms with Crippen LogP contribution in [0.4, 0.5) is 4.79 Å². The third kappa shape index (κ3) is 3.42. The maximum Gasteiger partial charge on any atom is 0.320 e. The van der Waals surface area contributed by atoms with Gasteiger partial charge in [0.2, 0.25) is 0 Å². The Morgan fingerprint density at radius 2 is 1.50 bits per heavy atom. The van der Waals surface area contributed by atoms with Crippen LogP contribution in [0.25, 0.3) is 0 Å². The van der Waals surface area contributed by atoms with E-state index in [1.54, 1.807) is 9.80 Å². The zero-order chi connectivity index (χ0) is 14.5. The zero-order valence-corrected chi connectivity index (χ0v) is 11.8. The largest absolute Gasteiger partial charge is 0.481 e. The van der Waals surface area contributed by atoms with Gasteiger partial charge in [0.05, 0.1) is 19.1 Å². The molecule has 2 atom stereocenters. The number of amides is 2. The van der Waals surface area contributed by atoms with E-state index in [9.17, 15) is 14.7 Å². The van der Waals surface area contributed by atoms with Gasteiger partial charge >= 0.3 is 12.0 Å². The molecule has 2 aliphatic rings. The summed E-state index contributed by atoms with van der Waals surface area (Å²) in [6, 6.07) is -0.395. The van der Waals surface area contributed by atoms with E-state index in [-0.39, 0.29) is 31.1 Å².